The molecule has 3 heteroatoms. The van der Waals surface area contributed by atoms with E-state index >= 15 is 0 Å². The molecule has 88 valence electrons. The van der Waals surface area contributed by atoms with Gasteiger partial charge < -0.3 is 4.74 Å². The molecule has 0 atom stereocenters. The molecule has 1 aromatic rings. The number of Topliss-reactive ketones (excluding diaryl/α,β-unsaturated/α-hetero) is 2. The second-order valence-electron chi connectivity index (χ2n) is 3.72. The zero-order chi connectivity index (χ0) is 12.8. The number of carbonyl (C=O) groups is 2. The van der Waals surface area contributed by atoms with Gasteiger partial charge in [0, 0.05) is 0 Å². The number of hydrogen-bond donors (Lipinski definition) is 0. The van der Waals surface area contributed by atoms with Gasteiger partial charge in [0.05, 0.1) is 0 Å². The van der Waals surface area contributed by atoms with Gasteiger partial charge in [0.15, 0.2) is 0 Å². The lowest BCUT2D eigenvalue weighted by molar-refractivity contribution is -0.126. The Morgan fingerprint density at radius 3 is 2.18 bits per heavy atom. The van der Waals surface area contributed by atoms with Gasteiger partial charge in [-0.1, -0.05) is 18.1 Å². The van der Waals surface area contributed by atoms with Crippen molar-refractivity contribution in [1.82, 2.24) is 0 Å². The minimum Gasteiger partial charge on any atom is -0.481 e. The summed E-state index contributed by atoms with van der Waals surface area (Å²) in [5, 5.41) is 0. The zero-order valence-corrected chi connectivity index (χ0v) is 9.90. The number of ketones is 2. The van der Waals surface area contributed by atoms with E-state index in [9.17, 15) is 9.59 Å². The first kappa shape index (κ1) is 13.0. The van der Waals surface area contributed by atoms with Crippen molar-refractivity contribution in [2.24, 2.45) is 0 Å². The summed E-state index contributed by atoms with van der Waals surface area (Å²) >= 11 is 0. The third kappa shape index (κ3) is 3.46. The van der Waals surface area contributed by atoms with E-state index in [-0.39, 0.29) is 18.2 Å². The molecule has 1 rings (SSSR count). The van der Waals surface area contributed by atoms with E-state index in [1.807, 2.05) is 0 Å². The van der Waals surface area contributed by atoms with E-state index in [0.29, 0.717) is 11.3 Å². The average molecular weight is 230 g/mol. The lowest BCUT2D eigenvalue weighted by Gasteiger charge is -2.11. The predicted molar refractivity (Wildman–Crippen MR) is 64.9 cm³/mol. The van der Waals surface area contributed by atoms with E-state index in [4.69, 9.17) is 11.2 Å². The first-order chi connectivity index (χ1) is 8.06. The highest BCUT2D eigenvalue weighted by atomic mass is 16.5. The van der Waals surface area contributed by atoms with Gasteiger partial charge >= 0.3 is 0 Å². The molecule has 0 amide bonds. The summed E-state index contributed by atoms with van der Waals surface area (Å²) in [4.78, 5) is 22.7. The van der Waals surface area contributed by atoms with Gasteiger partial charge in [-0.05, 0) is 31.5 Å². The summed E-state index contributed by atoms with van der Waals surface area (Å²) in [5.74, 6) is 1.98. The molecular weight excluding hydrogens is 216 g/mol. The molecule has 3 nitrogen and oxygen atoms in total. The van der Waals surface area contributed by atoms with Gasteiger partial charge in [0.2, 0.25) is 0 Å². The Bertz CT molecular complexity index is 437. The molecule has 0 aliphatic carbocycles. The van der Waals surface area contributed by atoms with Crippen molar-refractivity contribution in [2.45, 2.75) is 19.8 Å². The van der Waals surface area contributed by atoms with Crippen LogP contribution in [0.25, 0.3) is 0 Å². The van der Waals surface area contributed by atoms with Crippen LogP contribution in [0.2, 0.25) is 0 Å². The van der Waals surface area contributed by atoms with Crippen molar-refractivity contribution in [3.05, 3.63) is 29.8 Å². The highest BCUT2D eigenvalue weighted by Gasteiger charge is 2.21. The topological polar surface area (TPSA) is 43.4 Å². The Hall–Kier alpha value is -2.08. The van der Waals surface area contributed by atoms with E-state index < -0.39 is 5.92 Å². The predicted octanol–water partition coefficient (Wildman–Crippen LogP) is 1.96. The fraction of sp³-hybridized carbons (Fsp3) is 0.286. The van der Waals surface area contributed by atoms with E-state index in [1.54, 1.807) is 24.3 Å². The Labute approximate surface area is 101 Å². The Morgan fingerprint density at radius 1 is 1.24 bits per heavy atom. The molecule has 0 aliphatic heterocycles. The quantitative estimate of drug-likeness (QED) is 0.573. The van der Waals surface area contributed by atoms with Gasteiger partial charge in [-0.25, -0.2) is 0 Å². The Morgan fingerprint density at radius 2 is 1.76 bits per heavy atom. The fourth-order valence-electron chi connectivity index (χ4n) is 1.64. The van der Waals surface area contributed by atoms with Gasteiger partial charge in [-0.3, -0.25) is 9.59 Å². The molecule has 0 aromatic heterocycles. The van der Waals surface area contributed by atoms with Crippen LogP contribution in [-0.4, -0.2) is 18.2 Å². The van der Waals surface area contributed by atoms with Gasteiger partial charge in [0.1, 0.15) is 29.8 Å². The molecule has 1 aromatic carbocycles. The van der Waals surface area contributed by atoms with Crippen LogP contribution in [0.5, 0.6) is 5.75 Å². The molecule has 0 saturated carbocycles. The first-order valence-corrected chi connectivity index (χ1v) is 5.23. The summed E-state index contributed by atoms with van der Waals surface area (Å²) in [7, 11) is 0. The third-order valence-electron chi connectivity index (χ3n) is 2.35. The smallest absolute Gasteiger partial charge is 0.148 e. The standard InChI is InChI=1S/C14H14O3/c1-4-9-17-13-7-5-12(6-8-13)14(10(2)15)11(3)16/h1,5-8,14H,9H2,2-3H3. The first-order valence-electron chi connectivity index (χ1n) is 5.23. The molecular formula is C14H14O3. The maximum absolute atomic E-state index is 11.4. The fourth-order valence-corrected chi connectivity index (χ4v) is 1.64. The van der Waals surface area contributed by atoms with Crippen LogP contribution in [0.3, 0.4) is 0 Å². The Kier molecular flexibility index (Phi) is 4.47. The number of benzene rings is 1. The second kappa shape index (κ2) is 5.86. The summed E-state index contributed by atoms with van der Waals surface area (Å²) in [5.41, 5.74) is 0.679. The van der Waals surface area contributed by atoms with E-state index in [0.717, 1.165) is 0 Å². The lowest BCUT2D eigenvalue weighted by atomic mass is 9.92. The minimum absolute atomic E-state index is 0.158. The van der Waals surface area contributed by atoms with Crippen LogP contribution in [0.15, 0.2) is 24.3 Å². The van der Waals surface area contributed by atoms with E-state index in [2.05, 4.69) is 5.92 Å². The molecule has 0 unspecified atom stereocenters. The highest BCUT2D eigenvalue weighted by molar-refractivity contribution is 6.05. The maximum atomic E-state index is 11.4. The summed E-state index contributed by atoms with van der Waals surface area (Å²) in [6.45, 7) is 3.02. The van der Waals surface area contributed by atoms with Crippen LogP contribution < -0.4 is 4.74 Å². The molecule has 0 aliphatic rings. The minimum atomic E-state index is -0.684. The number of rotatable bonds is 5. The van der Waals surface area contributed by atoms with Crippen molar-refractivity contribution in [1.29, 1.82) is 0 Å². The molecule has 0 heterocycles. The lowest BCUT2D eigenvalue weighted by Crippen LogP contribution is -2.16. The SMILES string of the molecule is C#CCOc1ccc(C(C(C)=O)C(C)=O)cc1. The van der Waals surface area contributed by atoms with Gasteiger partial charge in [0.25, 0.3) is 0 Å². The average Bonchev–Trinajstić information content (AvgIpc) is 2.27. The molecule has 17 heavy (non-hydrogen) atoms. The van der Waals surface area contributed by atoms with Crippen LogP contribution in [0.1, 0.15) is 25.3 Å². The largest absolute Gasteiger partial charge is 0.481 e. The van der Waals surface area contributed by atoms with Gasteiger partial charge in [-0.2, -0.15) is 0 Å². The molecule has 0 bridgehead atoms. The van der Waals surface area contributed by atoms with Crippen molar-refractivity contribution in [3.63, 3.8) is 0 Å². The summed E-state index contributed by atoms with van der Waals surface area (Å²) < 4.78 is 5.20. The zero-order valence-electron chi connectivity index (χ0n) is 9.90. The number of ether oxygens (including phenoxy) is 1. The highest BCUT2D eigenvalue weighted by Crippen LogP contribution is 2.21. The maximum Gasteiger partial charge on any atom is 0.148 e. The molecule has 0 fully saturated rings. The van der Waals surface area contributed by atoms with Crippen molar-refractivity contribution < 1.29 is 14.3 Å². The monoisotopic (exact) mass is 230 g/mol. The van der Waals surface area contributed by atoms with E-state index in [1.165, 1.54) is 13.8 Å². The van der Waals surface area contributed by atoms with Crippen molar-refractivity contribution in [3.8, 4) is 18.1 Å². The molecule has 0 spiro atoms. The summed E-state index contributed by atoms with van der Waals surface area (Å²) in [6, 6.07) is 6.82. The van der Waals surface area contributed by atoms with Crippen LogP contribution in [0.4, 0.5) is 0 Å². The van der Waals surface area contributed by atoms with Crippen LogP contribution in [-0.2, 0) is 9.59 Å². The van der Waals surface area contributed by atoms with Crippen molar-refractivity contribution in [2.75, 3.05) is 6.61 Å². The van der Waals surface area contributed by atoms with Gasteiger partial charge in [-0.15, -0.1) is 6.42 Å². The third-order valence-corrected chi connectivity index (χ3v) is 2.35. The number of carbonyl (C=O) groups excluding carboxylic acids is 2. The molecule has 0 saturated heterocycles. The molecule has 0 N–H and O–H groups in total. The Balaban J connectivity index is 2.89. The summed E-state index contributed by atoms with van der Waals surface area (Å²) in [6.07, 6.45) is 5.07. The number of hydrogen-bond acceptors (Lipinski definition) is 3. The van der Waals surface area contributed by atoms with Crippen molar-refractivity contribution >= 4 is 11.6 Å². The van der Waals surface area contributed by atoms with Crippen LogP contribution in [0, 0.1) is 12.3 Å². The van der Waals surface area contributed by atoms with Crippen LogP contribution >= 0.6 is 0 Å². The second-order valence-corrected chi connectivity index (χ2v) is 3.72. The molecule has 0 radical (unpaired) electrons. The number of terminal acetylenes is 1. The normalized spacial score (nSPS) is 9.76.